The van der Waals surface area contributed by atoms with Gasteiger partial charge in [0.15, 0.2) is 5.96 Å². The van der Waals surface area contributed by atoms with Gasteiger partial charge in [0.2, 0.25) is 0 Å². The van der Waals surface area contributed by atoms with Gasteiger partial charge in [0.05, 0.1) is 12.2 Å². The highest BCUT2D eigenvalue weighted by molar-refractivity contribution is 14.0. The predicted octanol–water partition coefficient (Wildman–Crippen LogP) is 3.20. The molecule has 0 spiro atoms. The van der Waals surface area contributed by atoms with E-state index in [0.29, 0.717) is 0 Å². The Labute approximate surface area is 198 Å². The van der Waals surface area contributed by atoms with Crippen LogP contribution in [0.1, 0.15) is 41.9 Å². The quantitative estimate of drug-likeness (QED) is 0.332. The first-order chi connectivity index (χ1) is 14.0. The molecule has 0 fully saturated rings. The lowest BCUT2D eigenvalue weighted by molar-refractivity contribution is 0.261. The SMILES string of the molecule is CCNC(=NCCN1CCc2ccccc2C1)NC(C)Cc1c(C)nn(C)c1C.I. The topological polar surface area (TPSA) is 57.5 Å². The van der Waals surface area contributed by atoms with Crippen LogP contribution in [0.2, 0.25) is 0 Å². The largest absolute Gasteiger partial charge is 0.357 e. The average Bonchev–Trinajstić information content (AvgIpc) is 2.94. The smallest absolute Gasteiger partial charge is 0.191 e. The number of fused-ring (bicyclic) bond motifs is 1. The number of guanidine groups is 1. The third-order valence-corrected chi connectivity index (χ3v) is 5.79. The zero-order chi connectivity index (χ0) is 20.8. The van der Waals surface area contributed by atoms with Crippen LogP contribution >= 0.6 is 24.0 Å². The van der Waals surface area contributed by atoms with Gasteiger partial charge in [-0.2, -0.15) is 5.10 Å². The molecule has 6 nitrogen and oxygen atoms in total. The van der Waals surface area contributed by atoms with Crippen molar-refractivity contribution in [1.82, 2.24) is 25.3 Å². The molecule has 0 saturated carbocycles. The van der Waals surface area contributed by atoms with Gasteiger partial charge in [0, 0.05) is 45.0 Å². The molecule has 1 unspecified atom stereocenters. The molecular formula is C23H37IN6. The highest BCUT2D eigenvalue weighted by atomic mass is 127. The second-order valence-corrected chi connectivity index (χ2v) is 8.08. The summed E-state index contributed by atoms with van der Waals surface area (Å²) in [5.74, 6) is 0.900. The van der Waals surface area contributed by atoms with Crippen molar-refractivity contribution in [3.8, 4) is 0 Å². The molecular weight excluding hydrogens is 487 g/mol. The summed E-state index contributed by atoms with van der Waals surface area (Å²) in [5, 5.41) is 11.5. The predicted molar refractivity (Wildman–Crippen MR) is 136 cm³/mol. The number of benzene rings is 1. The summed E-state index contributed by atoms with van der Waals surface area (Å²) in [6, 6.07) is 9.08. The molecule has 0 bridgehead atoms. The van der Waals surface area contributed by atoms with E-state index >= 15 is 0 Å². The molecule has 0 radical (unpaired) electrons. The zero-order valence-corrected chi connectivity index (χ0v) is 21.4. The molecule has 1 aromatic heterocycles. The number of rotatable bonds is 7. The number of aryl methyl sites for hydroxylation is 2. The fourth-order valence-corrected chi connectivity index (χ4v) is 4.07. The van der Waals surface area contributed by atoms with Gasteiger partial charge < -0.3 is 10.6 Å². The molecule has 0 saturated heterocycles. The Balaban J connectivity index is 0.00000320. The van der Waals surface area contributed by atoms with Crippen molar-refractivity contribution in [3.63, 3.8) is 0 Å². The van der Waals surface area contributed by atoms with Crippen LogP contribution in [0.25, 0.3) is 0 Å². The van der Waals surface area contributed by atoms with Crippen LogP contribution in [0.5, 0.6) is 0 Å². The van der Waals surface area contributed by atoms with Crippen LogP contribution in [-0.4, -0.2) is 52.9 Å². The molecule has 166 valence electrons. The summed E-state index contributed by atoms with van der Waals surface area (Å²) in [5.41, 5.74) is 6.64. The average molecular weight is 524 g/mol. The van der Waals surface area contributed by atoms with Crippen molar-refractivity contribution in [2.45, 2.75) is 53.1 Å². The number of aromatic nitrogens is 2. The van der Waals surface area contributed by atoms with E-state index in [0.717, 1.165) is 57.2 Å². The molecule has 0 aliphatic carbocycles. The van der Waals surface area contributed by atoms with E-state index in [1.165, 1.54) is 22.4 Å². The Hall–Kier alpha value is -1.61. The minimum atomic E-state index is 0. The Morgan fingerprint density at radius 2 is 1.97 bits per heavy atom. The summed E-state index contributed by atoms with van der Waals surface area (Å²) in [6.45, 7) is 13.3. The van der Waals surface area contributed by atoms with Crippen LogP contribution in [0.3, 0.4) is 0 Å². The Morgan fingerprint density at radius 3 is 2.63 bits per heavy atom. The minimum absolute atomic E-state index is 0. The molecule has 2 N–H and O–H groups in total. The van der Waals surface area contributed by atoms with E-state index in [1.807, 2.05) is 11.7 Å². The summed E-state index contributed by atoms with van der Waals surface area (Å²) < 4.78 is 1.97. The van der Waals surface area contributed by atoms with Crippen molar-refractivity contribution >= 4 is 29.9 Å². The monoisotopic (exact) mass is 524 g/mol. The lowest BCUT2D eigenvalue weighted by atomic mass is 10.00. The summed E-state index contributed by atoms with van der Waals surface area (Å²) in [7, 11) is 2.01. The Kier molecular flexibility index (Phi) is 9.61. The van der Waals surface area contributed by atoms with Crippen molar-refractivity contribution in [1.29, 1.82) is 0 Å². The molecule has 1 aromatic carbocycles. The van der Waals surface area contributed by atoms with E-state index in [4.69, 9.17) is 4.99 Å². The fourth-order valence-electron chi connectivity index (χ4n) is 4.07. The summed E-state index contributed by atoms with van der Waals surface area (Å²) in [4.78, 5) is 7.33. The lowest BCUT2D eigenvalue weighted by Crippen LogP contribution is -2.43. The van der Waals surface area contributed by atoms with Gasteiger partial charge in [-0.05, 0) is 57.2 Å². The molecule has 3 rings (SSSR count). The van der Waals surface area contributed by atoms with Gasteiger partial charge in [-0.1, -0.05) is 24.3 Å². The summed E-state index contributed by atoms with van der Waals surface area (Å²) in [6.07, 6.45) is 2.08. The zero-order valence-electron chi connectivity index (χ0n) is 19.0. The second-order valence-electron chi connectivity index (χ2n) is 8.08. The van der Waals surface area contributed by atoms with Gasteiger partial charge in [-0.15, -0.1) is 24.0 Å². The lowest BCUT2D eigenvalue weighted by Gasteiger charge is -2.28. The number of nitrogens with one attached hydrogen (secondary N) is 2. The first-order valence-corrected chi connectivity index (χ1v) is 10.8. The van der Waals surface area contributed by atoms with Crippen LogP contribution in [-0.2, 0) is 26.4 Å². The van der Waals surface area contributed by atoms with Gasteiger partial charge >= 0.3 is 0 Å². The van der Waals surface area contributed by atoms with E-state index in [2.05, 4.69) is 72.6 Å². The second kappa shape index (κ2) is 11.7. The normalized spacial score (nSPS) is 15.3. The van der Waals surface area contributed by atoms with Crippen molar-refractivity contribution < 1.29 is 0 Å². The number of hydrogen-bond donors (Lipinski definition) is 2. The van der Waals surface area contributed by atoms with E-state index in [1.54, 1.807) is 0 Å². The highest BCUT2D eigenvalue weighted by Crippen LogP contribution is 2.18. The van der Waals surface area contributed by atoms with Gasteiger partial charge in [-0.25, -0.2) is 0 Å². The van der Waals surface area contributed by atoms with Crippen molar-refractivity contribution in [3.05, 3.63) is 52.3 Å². The first kappa shape index (κ1) is 24.7. The molecule has 30 heavy (non-hydrogen) atoms. The van der Waals surface area contributed by atoms with Crippen molar-refractivity contribution in [2.24, 2.45) is 12.0 Å². The Bertz CT molecular complexity index is 844. The molecule has 1 aliphatic heterocycles. The number of aliphatic imine (C=N–C) groups is 1. The Morgan fingerprint density at radius 1 is 1.23 bits per heavy atom. The van der Waals surface area contributed by atoms with Crippen LogP contribution in [0.4, 0.5) is 0 Å². The fraction of sp³-hybridized carbons (Fsp3) is 0.565. The summed E-state index contributed by atoms with van der Waals surface area (Å²) >= 11 is 0. The number of hydrogen-bond acceptors (Lipinski definition) is 3. The van der Waals surface area contributed by atoms with Gasteiger partial charge in [0.1, 0.15) is 0 Å². The maximum Gasteiger partial charge on any atom is 0.191 e. The van der Waals surface area contributed by atoms with Crippen molar-refractivity contribution in [2.75, 3.05) is 26.2 Å². The van der Waals surface area contributed by atoms with Crippen LogP contribution in [0.15, 0.2) is 29.3 Å². The third kappa shape index (κ3) is 6.44. The minimum Gasteiger partial charge on any atom is -0.357 e. The molecule has 0 amide bonds. The molecule has 1 aliphatic rings. The third-order valence-electron chi connectivity index (χ3n) is 5.79. The number of nitrogens with zero attached hydrogens (tertiary/aromatic N) is 4. The van der Waals surface area contributed by atoms with E-state index in [9.17, 15) is 0 Å². The standard InChI is InChI=1S/C23H36N6.HI/c1-6-24-23(26-17(2)15-22-18(3)27-28(5)19(22)4)25-12-14-29-13-11-20-9-7-8-10-21(20)16-29;/h7-10,17H,6,11-16H2,1-5H3,(H2,24,25,26);1H. The molecule has 2 heterocycles. The van der Waals surface area contributed by atoms with Gasteiger partial charge in [0.25, 0.3) is 0 Å². The molecule has 2 aromatic rings. The highest BCUT2D eigenvalue weighted by Gasteiger charge is 2.16. The number of halogens is 1. The van der Waals surface area contributed by atoms with E-state index in [-0.39, 0.29) is 30.0 Å². The maximum absolute atomic E-state index is 4.83. The van der Waals surface area contributed by atoms with Crippen LogP contribution < -0.4 is 10.6 Å². The maximum atomic E-state index is 4.83. The van der Waals surface area contributed by atoms with E-state index < -0.39 is 0 Å². The molecule has 1 atom stereocenters. The molecule has 7 heteroatoms. The first-order valence-electron chi connectivity index (χ1n) is 10.8. The van der Waals surface area contributed by atoms with Gasteiger partial charge in [-0.3, -0.25) is 14.6 Å². The van der Waals surface area contributed by atoms with Crippen LogP contribution in [0, 0.1) is 13.8 Å².